The van der Waals surface area contributed by atoms with Crippen LogP contribution in [0.25, 0.3) is 22.6 Å². The molecule has 188 valence electrons. The summed E-state index contributed by atoms with van der Waals surface area (Å²) in [6, 6.07) is 12.0. The van der Waals surface area contributed by atoms with Gasteiger partial charge in [0, 0.05) is 30.4 Å². The molecular formula is C24H21N7O5S. The summed E-state index contributed by atoms with van der Waals surface area (Å²) in [5.41, 5.74) is 2.90. The van der Waals surface area contributed by atoms with Crippen molar-refractivity contribution in [3.63, 3.8) is 0 Å². The van der Waals surface area contributed by atoms with E-state index in [2.05, 4.69) is 30.7 Å². The number of pyridine rings is 3. The molecular weight excluding hydrogens is 498 g/mol. The molecule has 1 fully saturated rings. The van der Waals surface area contributed by atoms with E-state index >= 15 is 0 Å². The minimum Gasteiger partial charge on any atom is -0.377 e. The lowest BCUT2D eigenvalue weighted by Gasteiger charge is -2.25. The highest BCUT2D eigenvalue weighted by molar-refractivity contribution is 7.79. The Balaban J connectivity index is 1.39. The Morgan fingerprint density at radius 3 is 2.68 bits per heavy atom. The first kappa shape index (κ1) is 24.4. The second kappa shape index (κ2) is 10.7. The topological polar surface area (TPSA) is 161 Å². The lowest BCUT2D eigenvalue weighted by molar-refractivity contribution is -0.0285. The molecule has 5 heterocycles. The molecule has 12 nitrogen and oxygen atoms in total. The molecule has 4 aromatic heterocycles. The Morgan fingerprint density at radius 2 is 1.95 bits per heavy atom. The van der Waals surface area contributed by atoms with Gasteiger partial charge in [-0.15, -0.1) is 0 Å². The standard InChI is InChI=1S/C24H21N7O5S/c32-23(27-14-37(34)35)16-8-15(9-25-10-16)18-5-3-6-20(28-18)24(33)29-21-11-31(17-12-36-13-17)30-22(21)19-4-1-2-7-26-19/h1-11,17H,12-14H2,(H,27,32)(H,29,33)(H,34,35). The summed E-state index contributed by atoms with van der Waals surface area (Å²) in [5.74, 6) is -1.40. The van der Waals surface area contributed by atoms with Gasteiger partial charge in [-0.1, -0.05) is 12.1 Å². The van der Waals surface area contributed by atoms with Gasteiger partial charge in [0.05, 0.1) is 41.9 Å². The van der Waals surface area contributed by atoms with Crippen molar-refractivity contribution in [3.8, 4) is 22.6 Å². The molecule has 1 unspecified atom stereocenters. The summed E-state index contributed by atoms with van der Waals surface area (Å²) < 4.78 is 26.7. The monoisotopic (exact) mass is 519 g/mol. The summed E-state index contributed by atoms with van der Waals surface area (Å²) >= 11 is -2.16. The van der Waals surface area contributed by atoms with Crippen LogP contribution in [0.2, 0.25) is 0 Å². The third-order valence-corrected chi connectivity index (χ3v) is 5.91. The van der Waals surface area contributed by atoms with Gasteiger partial charge in [-0.05, 0) is 30.3 Å². The van der Waals surface area contributed by atoms with Crippen LogP contribution in [-0.2, 0) is 15.8 Å². The molecule has 5 rings (SSSR count). The van der Waals surface area contributed by atoms with Crippen LogP contribution in [0.3, 0.4) is 0 Å². The van der Waals surface area contributed by atoms with Crippen molar-refractivity contribution in [2.45, 2.75) is 6.04 Å². The number of carbonyl (C=O) groups excluding carboxylic acids is 2. The summed E-state index contributed by atoms with van der Waals surface area (Å²) in [6.45, 7) is 1.09. The van der Waals surface area contributed by atoms with E-state index < -0.39 is 28.8 Å². The van der Waals surface area contributed by atoms with Gasteiger partial charge in [0.1, 0.15) is 17.3 Å². The molecule has 13 heteroatoms. The highest BCUT2D eigenvalue weighted by Crippen LogP contribution is 2.29. The van der Waals surface area contributed by atoms with Crippen molar-refractivity contribution in [3.05, 3.63) is 78.5 Å². The molecule has 37 heavy (non-hydrogen) atoms. The van der Waals surface area contributed by atoms with Gasteiger partial charge in [0.2, 0.25) is 0 Å². The smallest absolute Gasteiger partial charge is 0.274 e. The number of aromatic nitrogens is 5. The fraction of sp³-hybridized carbons (Fsp3) is 0.167. The van der Waals surface area contributed by atoms with E-state index in [4.69, 9.17) is 9.29 Å². The van der Waals surface area contributed by atoms with E-state index in [0.29, 0.717) is 41.5 Å². The molecule has 0 aromatic carbocycles. The second-order valence-corrected chi connectivity index (χ2v) is 9.01. The van der Waals surface area contributed by atoms with Crippen LogP contribution in [0.15, 0.2) is 67.3 Å². The molecule has 1 aliphatic rings. The zero-order chi connectivity index (χ0) is 25.8. The van der Waals surface area contributed by atoms with Gasteiger partial charge in [-0.3, -0.25) is 24.2 Å². The first-order valence-corrected chi connectivity index (χ1v) is 12.4. The first-order valence-electron chi connectivity index (χ1n) is 11.2. The SMILES string of the molecule is O=C(NCS(=O)O)c1cncc(-c2cccc(C(=O)Nc3cn(C4COC4)nc3-c3ccccn3)n2)c1. The number of amides is 2. The maximum absolute atomic E-state index is 13.2. The summed E-state index contributed by atoms with van der Waals surface area (Å²) in [5, 5.41) is 9.85. The molecule has 4 aromatic rings. The molecule has 0 spiro atoms. The van der Waals surface area contributed by atoms with Crippen LogP contribution in [0.5, 0.6) is 0 Å². The van der Waals surface area contributed by atoms with E-state index in [0.717, 1.165) is 0 Å². The number of nitrogens with zero attached hydrogens (tertiary/aromatic N) is 5. The van der Waals surface area contributed by atoms with Crippen molar-refractivity contribution >= 4 is 28.6 Å². The highest BCUT2D eigenvalue weighted by atomic mass is 32.2. The molecule has 1 aliphatic heterocycles. The average molecular weight is 520 g/mol. The van der Waals surface area contributed by atoms with Gasteiger partial charge >= 0.3 is 0 Å². The van der Waals surface area contributed by atoms with Crippen molar-refractivity contribution in [2.24, 2.45) is 0 Å². The van der Waals surface area contributed by atoms with Gasteiger partial charge in [0.15, 0.2) is 11.1 Å². The van der Waals surface area contributed by atoms with Crippen LogP contribution in [0.4, 0.5) is 5.69 Å². The average Bonchev–Trinajstić information content (AvgIpc) is 3.29. The highest BCUT2D eigenvalue weighted by Gasteiger charge is 2.25. The molecule has 0 saturated carbocycles. The molecule has 0 aliphatic carbocycles. The van der Waals surface area contributed by atoms with Crippen LogP contribution in [0, 0.1) is 0 Å². The third kappa shape index (κ3) is 5.58. The normalized spacial score (nSPS) is 14.0. The summed E-state index contributed by atoms with van der Waals surface area (Å²) in [6.07, 6.45) is 6.25. The Kier molecular flexibility index (Phi) is 7.07. The number of ether oxygens (including phenoxy) is 1. The number of hydrogen-bond acceptors (Lipinski definition) is 8. The van der Waals surface area contributed by atoms with Crippen molar-refractivity contribution in [1.29, 1.82) is 0 Å². The van der Waals surface area contributed by atoms with Crippen molar-refractivity contribution in [1.82, 2.24) is 30.0 Å². The van der Waals surface area contributed by atoms with Crippen LogP contribution in [0.1, 0.15) is 26.9 Å². The Morgan fingerprint density at radius 1 is 1.11 bits per heavy atom. The van der Waals surface area contributed by atoms with E-state index in [1.807, 2.05) is 12.1 Å². The van der Waals surface area contributed by atoms with E-state index in [9.17, 15) is 13.8 Å². The predicted molar refractivity (Wildman–Crippen MR) is 134 cm³/mol. The minimum absolute atomic E-state index is 0.0870. The summed E-state index contributed by atoms with van der Waals surface area (Å²) in [7, 11) is 0. The van der Waals surface area contributed by atoms with Crippen LogP contribution < -0.4 is 10.6 Å². The lowest BCUT2D eigenvalue weighted by atomic mass is 10.1. The number of carbonyl (C=O) groups is 2. The van der Waals surface area contributed by atoms with Crippen LogP contribution >= 0.6 is 0 Å². The van der Waals surface area contributed by atoms with Gasteiger partial charge in [0.25, 0.3) is 11.8 Å². The van der Waals surface area contributed by atoms with Crippen molar-refractivity contribution in [2.75, 3.05) is 24.4 Å². The van der Waals surface area contributed by atoms with E-state index in [1.54, 1.807) is 41.3 Å². The fourth-order valence-electron chi connectivity index (χ4n) is 3.58. The lowest BCUT2D eigenvalue weighted by Crippen LogP contribution is -2.30. The molecule has 1 saturated heterocycles. The van der Waals surface area contributed by atoms with E-state index in [1.165, 1.54) is 18.5 Å². The van der Waals surface area contributed by atoms with Gasteiger partial charge in [-0.2, -0.15) is 5.10 Å². The minimum atomic E-state index is -2.16. The van der Waals surface area contributed by atoms with E-state index in [-0.39, 0.29) is 17.3 Å². The number of hydrogen-bond donors (Lipinski definition) is 3. The summed E-state index contributed by atoms with van der Waals surface area (Å²) in [4.78, 5) is 38.3. The van der Waals surface area contributed by atoms with Gasteiger partial charge < -0.3 is 19.9 Å². The largest absolute Gasteiger partial charge is 0.377 e. The Labute approximate surface area is 213 Å². The quantitative estimate of drug-likeness (QED) is 0.296. The third-order valence-electron chi connectivity index (χ3n) is 5.52. The maximum Gasteiger partial charge on any atom is 0.274 e. The van der Waals surface area contributed by atoms with Gasteiger partial charge in [-0.25, -0.2) is 9.19 Å². The van der Waals surface area contributed by atoms with Crippen LogP contribution in [-0.4, -0.2) is 64.4 Å². The zero-order valence-corrected chi connectivity index (χ0v) is 20.1. The maximum atomic E-state index is 13.2. The Hall–Kier alpha value is -4.33. The number of nitrogens with one attached hydrogen (secondary N) is 2. The fourth-order valence-corrected chi connectivity index (χ4v) is 3.83. The first-order chi connectivity index (χ1) is 18.0. The predicted octanol–water partition coefficient (Wildman–Crippen LogP) is 2.13. The second-order valence-electron chi connectivity index (χ2n) is 8.07. The molecule has 3 N–H and O–H groups in total. The molecule has 1 atom stereocenters. The zero-order valence-electron chi connectivity index (χ0n) is 19.3. The number of anilines is 1. The van der Waals surface area contributed by atoms with Crippen molar-refractivity contribution < 1.29 is 23.1 Å². The number of rotatable bonds is 8. The molecule has 0 bridgehead atoms. The molecule has 0 radical (unpaired) electrons. The molecule has 2 amide bonds. The Bertz CT molecular complexity index is 1470.